The van der Waals surface area contributed by atoms with E-state index in [4.69, 9.17) is 5.10 Å². The Bertz CT molecular complexity index is 1350. The third-order valence-electron chi connectivity index (χ3n) is 6.28. The summed E-state index contributed by atoms with van der Waals surface area (Å²) in [6.07, 6.45) is 0.764. The van der Waals surface area contributed by atoms with Gasteiger partial charge in [-0.05, 0) is 55.2 Å². The maximum atomic E-state index is 12.8. The van der Waals surface area contributed by atoms with Crippen LogP contribution in [0.2, 0.25) is 0 Å². The summed E-state index contributed by atoms with van der Waals surface area (Å²) in [6.45, 7) is 6.04. The predicted octanol–water partition coefficient (Wildman–Crippen LogP) is 5.79. The number of carbonyl (C=O) groups is 2. The topological polar surface area (TPSA) is 74.1 Å². The molecule has 0 unspecified atom stereocenters. The minimum Gasteiger partial charge on any atom is -0.326 e. The lowest BCUT2D eigenvalue weighted by molar-refractivity contribution is -0.121. The highest BCUT2D eigenvalue weighted by Crippen LogP contribution is 2.38. The number of hydrazone groups is 1. The first-order chi connectivity index (χ1) is 17.4. The molecule has 0 fully saturated rings. The van der Waals surface area contributed by atoms with E-state index in [-0.39, 0.29) is 24.3 Å². The second-order valence-corrected chi connectivity index (χ2v) is 10.5. The van der Waals surface area contributed by atoms with Crippen molar-refractivity contribution in [2.75, 3.05) is 5.32 Å². The molecular weight excluding hydrogens is 468 g/mol. The molecule has 5 rings (SSSR count). The van der Waals surface area contributed by atoms with Gasteiger partial charge in [0.25, 0.3) is 5.91 Å². The zero-order chi connectivity index (χ0) is 25.2. The molecule has 2 aliphatic heterocycles. The first kappa shape index (κ1) is 24.0. The average Bonchev–Trinajstić information content (AvgIpc) is 3.43. The van der Waals surface area contributed by atoms with Gasteiger partial charge in [-0.2, -0.15) is 10.1 Å². The Morgan fingerprint density at radius 3 is 2.36 bits per heavy atom. The number of aliphatic imine (C=N–C) groups is 1. The summed E-state index contributed by atoms with van der Waals surface area (Å²) in [7, 11) is 0. The molecule has 0 radical (unpaired) electrons. The minimum atomic E-state index is -0.569. The molecular formula is C29H28N4O2S. The van der Waals surface area contributed by atoms with Gasteiger partial charge in [-0.25, -0.2) is 5.01 Å². The molecule has 2 heterocycles. The highest BCUT2D eigenvalue weighted by atomic mass is 32.2. The molecule has 0 saturated heterocycles. The second kappa shape index (κ2) is 10.1. The first-order valence-corrected chi connectivity index (χ1v) is 12.9. The second-order valence-electron chi connectivity index (χ2n) is 9.36. The normalized spacial score (nSPS) is 19.3. The van der Waals surface area contributed by atoms with Gasteiger partial charge >= 0.3 is 0 Å². The van der Waals surface area contributed by atoms with Gasteiger partial charge in [-0.1, -0.05) is 78.0 Å². The zero-order valence-electron chi connectivity index (χ0n) is 20.6. The molecule has 0 saturated carbocycles. The highest BCUT2D eigenvalue weighted by Gasteiger charge is 2.39. The number of rotatable bonds is 5. The number of thioether (sulfide) groups is 1. The van der Waals surface area contributed by atoms with Crippen molar-refractivity contribution >= 4 is 40.1 Å². The number of nitrogens with one attached hydrogen (secondary N) is 1. The van der Waals surface area contributed by atoms with Crippen molar-refractivity contribution in [3.8, 4) is 0 Å². The van der Waals surface area contributed by atoms with Gasteiger partial charge in [-0.15, -0.1) is 0 Å². The summed E-state index contributed by atoms with van der Waals surface area (Å²) in [4.78, 5) is 29.9. The number of hydrogen-bond donors (Lipinski definition) is 1. The molecule has 182 valence electrons. The standard InChI is InChI=1S/C29H28N4O2S/c1-18-9-11-21(12-10-18)24-16-25(22-7-5-4-6-8-22)33(32-24)29-31-28(35)26(36-29)17-27(34)30-23-14-19(2)13-20(3)15-23/h4-15,25-26H,16-17H2,1-3H3,(H,30,34)/t25-,26+/m1/s1. The number of aryl methyl sites for hydroxylation is 3. The molecule has 2 atom stereocenters. The van der Waals surface area contributed by atoms with E-state index in [1.54, 1.807) is 0 Å². The van der Waals surface area contributed by atoms with Crippen LogP contribution >= 0.6 is 11.8 Å². The molecule has 7 heteroatoms. The Labute approximate surface area is 215 Å². The van der Waals surface area contributed by atoms with Crippen LogP contribution in [-0.2, 0) is 9.59 Å². The lowest BCUT2D eigenvalue weighted by Crippen LogP contribution is -2.25. The molecule has 0 aliphatic carbocycles. The summed E-state index contributed by atoms with van der Waals surface area (Å²) in [6, 6.07) is 24.3. The van der Waals surface area contributed by atoms with Gasteiger partial charge in [0.1, 0.15) is 5.25 Å². The quantitative estimate of drug-likeness (QED) is 0.485. The van der Waals surface area contributed by atoms with E-state index in [1.165, 1.54) is 17.3 Å². The van der Waals surface area contributed by atoms with E-state index in [0.717, 1.165) is 33.7 Å². The SMILES string of the molecule is Cc1ccc(C2=NN(C3=NC(=O)[C@H](CC(=O)Nc4cc(C)cc(C)c4)S3)[C@@H](c3ccccc3)C2)cc1. The Balaban J connectivity index is 1.34. The fourth-order valence-electron chi connectivity index (χ4n) is 4.57. The third kappa shape index (κ3) is 5.26. The van der Waals surface area contributed by atoms with Crippen LogP contribution in [0.1, 0.15) is 46.7 Å². The maximum absolute atomic E-state index is 12.8. The lowest BCUT2D eigenvalue weighted by Gasteiger charge is -2.23. The lowest BCUT2D eigenvalue weighted by atomic mass is 9.98. The molecule has 0 bridgehead atoms. The van der Waals surface area contributed by atoms with Gasteiger partial charge in [0.05, 0.1) is 11.8 Å². The molecule has 0 spiro atoms. The van der Waals surface area contributed by atoms with E-state index < -0.39 is 5.25 Å². The molecule has 2 aliphatic rings. The van der Waals surface area contributed by atoms with Crippen molar-refractivity contribution in [2.24, 2.45) is 10.1 Å². The summed E-state index contributed by atoms with van der Waals surface area (Å²) < 4.78 is 0. The summed E-state index contributed by atoms with van der Waals surface area (Å²) >= 11 is 1.32. The summed E-state index contributed by atoms with van der Waals surface area (Å²) in [5, 5.41) is 9.66. The van der Waals surface area contributed by atoms with Gasteiger partial charge in [0.2, 0.25) is 5.91 Å². The molecule has 36 heavy (non-hydrogen) atoms. The van der Waals surface area contributed by atoms with Gasteiger partial charge in [-0.3, -0.25) is 9.59 Å². The van der Waals surface area contributed by atoms with Crippen molar-refractivity contribution < 1.29 is 9.59 Å². The van der Waals surface area contributed by atoms with Crippen molar-refractivity contribution in [3.05, 3.63) is 101 Å². The largest absolute Gasteiger partial charge is 0.326 e. The van der Waals surface area contributed by atoms with Crippen molar-refractivity contribution in [1.29, 1.82) is 0 Å². The number of benzene rings is 3. The Morgan fingerprint density at radius 1 is 0.972 bits per heavy atom. The van der Waals surface area contributed by atoms with Gasteiger partial charge in [0, 0.05) is 18.5 Å². The van der Waals surface area contributed by atoms with E-state index in [9.17, 15) is 9.59 Å². The smallest absolute Gasteiger partial charge is 0.262 e. The number of hydrogen-bond acceptors (Lipinski definition) is 5. The molecule has 2 amide bonds. The Hall–Kier alpha value is -3.71. The predicted molar refractivity (Wildman–Crippen MR) is 146 cm³/mol. The van der Waals surface area contributed by atoms with E-state index >= 15 is 0 Å². The van der Waals surface area contributed by atoms with Crippen LogP contribution in [0.15, 0.2) is 82.9 Å². The molecule has 0 aromatic heterocycles. The Morgan fingerprint density at radius 2 is 1.67 bits per heavy atom. The van der Waals surface area contributed by atoms with Crippen molar-refractivity contribution in [1.82, 2.24) is 5.01 Å². The summed E-state index contributed by atoms with van der Waals surface area (Å²) in [5.41, 5.74) is 7.20. The van der Waals surface area contributed by atoms with Crippen LogP contribution in [0.4, 0.5) is 5.69 Å². The van der Waals surface area contributed by atoms with Crippen molar-refractivity contribution in [3.63, 3.8) is 0 Å². The van der Waals surface area contributed by atoms with Gasteiger partial charge < -0.3 is 5.32 Å². The summed E-state index contributed by atoms with van der Waals surface area (Å²) in [5.74, 6) is -0.497. The van der Waals surface area contributed by atoms with E-state index in [2.05, 4.69) is 59.7 Å². The van der Waals surface area contributed by atoms with Crippen LogP contribution in [0.3, 0.4) is 0 Å². The maximum Gasteiger partial charge on any atom is 0.262 e. The van der Waals surface area contributed by atoms with Crippen molar-refractivity contribution in [2.45, 2.75) is 44.9 Å². The number of amides is 2. The molecule has 3 aromatic rings. The Kier molecular flexibility index (Phi) is 6.74. The van der Waals surface area contributed by atoms with Crippen LogP contribution in [0, 0.1) is 20.8 Å². The first-order valence-electron chi connectivity index (χ1n) is 12.0. The fraction of sp³-hybridized carbons (Fsp3) is 0.241. The van der Waals surface area contributed by atoms with Crippen LogP contribution in [-0.4, -0.2) is 33.0 Å². The zero-order valence-corrected chi connectivity index (χ0v) is 21.4. The van der Waals surface area contributed by atoms with Crippen LogP contribution in [0.5, 0.6) is 0 Å². The van der Waals surface area contributed by atoms with E-state index in [1.807, 2.05) is 49.2 Å². The number of anilines is 1. The van der Waals surface area contributed by atoms with E-state index in [0.29, 0.717) is 11.6 Å². The number of nitrogens with zero attached hydrogens (tertiary/aromatic N) is 3. The van der Waals surface area contributed by atoms with Crippen LogP contribution < -0.4 is 5.32 Å². The van der Waals surface area contributed by atoms with Gasteiger partial charge in [0.15, 0.2) is 5.17 Å². The average molecular weight is 497 g/mol. The highest BCUT2D eigenvalue weighted by molar-refractivity contribution is 8.15. The number of carbonyl (C=O) groups excluding carboxylic acids is 2. The fourth-order valence-corrected chi connectivity index (χ4v) is 5.64. The molecule has 3 aromatic carbocycles. The number of amidine groups is 1. The monoisotopic (exact) mass is 496 g/mol. The van der Waals surface area contributed by atoms with Crippen LogP contribution in [0.25, 0.3) is 0 Å². The molecule has 6 nitrogen and oxygen atoms in total. The molecule has 1 N–H and O–H groups in total. The minimum absolute atomic E-state index is 0.0574. The third-order valence-corrected chi connectivity index (χ3v) is 7.42.